The number of benzene rings is 1. The average molecular weight is 402 g/mol. The van der Waals surface area contributed by atoms with Crippen LogP contribution in [0.25, 0.3) is 0 Å². The lowest BCUT2D eigenvalue weighted by Gasteiger charge is -2.32. The summed E-state index contributed by atoms with van der Waals surface area (Å²) in [4.78, 5) is 24.5. The zero-order chi connectivity index (χ0) is 20.2. The van der Waals surface area contributed by atoms with Crippen LogP contribution in [0.4, 0.5) is 0 Å². The summed E-state index contributed by atoms with van der Waals surface area (Å²) in [5.74, 6) is 5.91. The van der Waals surface area contributed by atoms with Gasteiger partial charge in [0.05, 0.1) is 12.6 Å². The van der Waals surface area contributed by atoms with Gasteiger partial charge in [0.1, 0.15) is 5.44 Å². The van der Waals surface area contributed by atoms with Crippen molar-refractivity contribution in [3.8, 4) is 11.8 Å². The van der Waals surface area contributed by atoms with Crippen molar-refractivity contribution < 1.29 is 19.8 Å². The van der Waals surface area contributed by atoms with Crippen LogP contribution in [0.3, 0.4) is 0 Å². The molecule has 2 N–H and O–H groups in total. The number of unbranched alkanes of at least 4 members (excludes halogenated alkanes) is 1. The van der Waals surface area contributed by atoms with Crippen LogP contribution in [0.2, 0.25) is 0 Å². The second kappa shape index (κ2) is 12.3. The SMILES string of the molecule is O=C(O)CCCC#CCN1C(=O)CCC[C@@H]1/C=C/C(O)SCc1ccccc1. The van der Waals surface area contributed by atoms with E-state index < -0.39 is 11.4 Å². The molecule has 1 heterocycles. The molecule has 0 saturated carbocycles. The Morgan fingerprint density at radius 3 is 2.86 bits per heavy atom. The number of thioether (sulfide) groups is 1. The molecule has 2 atom stereocenters. The molecule has 6 heteroatoms. The van der Waals surface area contributed by atoms with Crippen molar-refractivity contribution in [2.75, 3.05) is 6.54 Å². The van der Waals surface area contributed by atoms with Gasteiger partial charge in [-0.25, -0.2) is 0 Å². The van der Waals surface area contributed by atoms with Gasteiger partial charge in [0.2, 0.25) is 5.91 Å². The number of carboxylic acids is 1. The first kappa shape index (κ1) is 22.1. The Labute approximate surface area is 170 Å². The van der Waals surface area contributed by atoms with Crippen molar-refractivity contribution >= 4 is 23.6 Å². The minimum Gasteiger partial charge on any atom is -0.481 e. The maximum atomic E-state index is 12.2. The van der Waals surface area contributed by atoms with E-state index in [-0.39, 0.29) is 18.4 Å². The smallest absolute Gasteiger partial charge is 0.303 e. The number of hydrogen-bond acceptors (Lipinski definition) is 4. The molecule has 1 saturated heterocycles. The van der Waals surface area contributed by atoms with Crippen LogP contribution >= 0.6 is 11.8 Å². The average Bonchev–Trinajstić information content (AvgIpc) is 2.69. The zero-order valence-corrected chi connectivity index (χ0v) is 16.7. The summed E-state index contributed by atoms with van der Waals surface area (Å²) in [5.41, 5.74) is 0.536. The van der Waals surface area contributed by atoms with E-state index in [1.54, 1.807) is 11.0 Å². The molecule has 1 fully saturated rings. The predicted octanol–water partition coefficient (Wildman–Crippen LogP) is 3.43. The Balaban J connectivity index is 1.83. The molecule has 2 rings (SSSR count). The predicted molar refractivity (Wildman–Crippen MR) is 111 cm³/mol. The minimum absolute atomic E-state index is 0.0541. The third-order valence-electron chi connectivity index (χ3n) is 4.44. The fourth-order valence-corrected chi connectivity index (χ4v) is 3.70. The summed E-state index contributed by atoms with van der Waals surface area (Å²) in [7, 11) is 0. The van der Waals surface area contributed by atoms with Crippen molar-refractivity contribution in [1.29, 1.82) is 0 Å². The van der Waals surface area contributed by atoms with E-state index in [9.17, 15) is 14.7 Å². The number of rotatable bonds is 9. The van der Waals surface area contributed by atoms with Crippen molar-refractivity contribution in [1.82, 2.24) is 4.90 Å². The van der Waals surface area contributed by atoms with E-state index in [2.05, 4.69) is 11.8 Å². The van der Waals surface area contributed by atoms with Gasteiger partial charge in [-0.1, -0.05) is 42.3 Å². The Morgan fingerprint density at radius 1 is 1.32 bits per heavy atom. The molecular formula is C22H27NO4S. The number of hydrogen-bond donors (Lipinski definition) is 2. The summed E-state index contributed by atoms with van der Waals surface area (Å²) < 4.78 is 0. The number of aliphatic carboxylic acids is 1. The molecule has 1 unspecified atom stereocenters. The molecule has 5 nitrogen and oxygen atoms in total. The molecule has 0 aromatic heterocycles. The summed E-state index contributed by atoms with van der Waals surface area (Å²) in [6.45, 7) is 0.341. The van der Waals surface area contributed by atoms with Crippen molar-refractivity contribution in [2.45, 2.75) is 55.8 Å². The number of nitrogens with zero attached hydrogens (tertiary/aromatic N) is 1. The Bertz CT molecular complexity index is 723. The molecule has 1 aromatic carbocycles. The second-order valence-electron chi connectivity index (χ2n) is 6.65. The molecule has 1 aliphatic rings. The van der Waals surface area contributed by atoms with Crippen LogP contribution in [0.5, 0.6) is 0 Å². The molecule has 1 amide bonds. The van der Waals surface area contributed by atoms with Crippen LogP contribution < -0.4 is 0 Å². The molecule has 1 aromatic rings. The first-order valence-corrected chi connectivity index (χ1v) is 10.6. The van der Waals surface area contributed by atoms with Gasteiger partial charge in [0.25, 0.3) is 0 Å². The van der Waals surface area contributed by atoms with Gasteiger partial charge in [-0.15, -0.1) is 17.7 Å². The van der Waals surface area contributed by atoms with Crippen molar-refractivity contribution in [3.63, 3.8) is 0 Å². The number of carbonyl (C=O) groups is 2. The maximum absolute atomic E-state index is 12.2. The van der Waals surface area contributed by atoms with Gasteiger partial charge in [-0.05, 0) is 30.9 Å². The van der Waals surface area contributed by atoms with Gasteiger partial charge in [-0.2, -0.15) is 0 Å². The fourth-order valence-electron chi connectivity index (χ4n) is 2.94. The number of likely N-dealkylation sites (tertiary alicyclic amines) is 1. The van der Waals surface area contributed by atoms with Crippen LogP contribution in [-0.2, 0) is 15.3 Å². The molecular weight excluding hydrogens is 374 g/mol. The lowest BCUT2D eigenvalue weighted by atomic mass is 10.0. The second-order valence-corrected chi connectivity index (χ2v) is 7.76. The number of amides is 1. The van der Waals surface area contributed by atoms with Crippen molar-refractivity contribution in [2.24, 2.45) is 0 Å². The third kappa shape index (κ3) is 8.20. The molecule has 0 radical (unpaired) electrons. The summed E-state index contributed by atoms with van der Waals surface area (Å²) in [6, 6.07) is 9.93. The lowest BCUT2D eigenvalue weighted by Crippen LogP contribution is -2.42. The van der Waals surface area contributed by atoms with Gasteiger partial charge in [-0.3, -0.25) is 9.59 Å². The minimum atomic E-state index is -0.818. The van der Waals surface area contributed by atoms with Gasteiger partial charge in [0.15, 0.2) is 0 Å². The maximum Gasteiger partial charge on any atom is 0.303 e. The van der Waals surface area contributed by atoms with E-state index in [0.717, 1.165) is 24.2 Å². The standard InChI is InChI=1S/C22H27NO4S/c24-20-12-8-11-19(23(20)16-7-2-1-6-13-21(25)26)14-15-22(27)28-17-18-9-4-3-5-10-18/h3-5,9-10,14-15,19,22,27H,1,6,8,11-13,16-17H2,(H,25,26)/b15-14+/t19-,22?/m1/s1. The highest BCUT2D eigenvalue weighted by Crippen LogP contribution is 2.21. The normalized spacial score (nSPS) is 18.0. The van der Waals surface area contributed by atoms with Gasteiger partial charge in [0, 0.05) is 25.0 Å². The highest BCUT2D eigenvalue weighted by molar-refractivity contribution is 7.99. The largest absolute Gasteiger partial charge is 0.481 e. The third-order valence-corrected chi connectivity index (χ3v) is 5.44. The lowest BCUT2D eigenvalue weighted by molar-refractivity contribution is -0.137. The zero-order valence-electron chi connectivity index (χ0n) is 15.9. The fraction of sp³-hybridized carbons (Fsp3) is 0.455. The van der Waals surface area contributed by atoms with Crippen molar-refractivity contribution in [3.05, 3.63) is 48.0 Å². The monoisotopic (exact) mass is 401 g/mol. The van der Waals surface area contributed by atoms with Crippen LogP contribution in [0.15, 0.2) is 42.5 Å². The quantitative estimate of drug-likeness (QED) is 0.287. The molecule has 0 bridgehead atoms. The van der Waals surface area contributed by atoms with E-state index in [0.29, 0.717) is 25.8 Å². The van der Waals surface area contributed by atoms with Crippen LogP contribution in [0, 0.1) is 11.8 Å². The van der Waals surface area contributed by atoms with E-state index in [1.165, 1.54) is 11.8 Å². The summed E-state index contributed by atoms with van der Waals surface area (Å²) in [6.07, 6.45) is 7.03. The number of carboxylic acid groups (broad SMARTS) is 1. The first-order chi connectivity index (χ1) is 13.6. The highest BCUT2D eigenvalue weighted by Gasteiger charge is 2.25. The Morgan fingerprint density at radius 2 is 2.11 bits per heavy atom. The molecule has 0 spiro atoms. The van der Waals surface area contributed by atoms with E-state index in [1.807, 2.05) is 36.4 Å². The number of aliphatic hydroxyl groups is 1. The first-order valence-electron chi connectivity index (χ1n) is 9.55. The number of carbonyl (C=O) groups excluding carboxylic acids is 1. The van der Waals surface area contributed by atoms with Crippen LogP contribution in [-0.4, -0.2) is 45.0 Å². The van der Waals surface area contributed by atoms with Crippen LogP contribution in [0.1, 0.15) is 44.1 Å². The Kier molecular flexibility index (Phi) is 9.67. The molecule has 28 heavy (non-hydrogen) atoms. The van der Waals surface area contributed by atoms with Gasteiger partial charge < -0.3 is 15.1 Å². The molecule has 150 valence electrons. The molecule has 1 aliphatic heterocycles. The highest BCUT2D eigenvalue weighted by atomic mass is 32.2. The number of aliphatic hydroxyl groups excluding tert-OH is 1. The topological polar surface area (TPSA) is 77.8 Å². The van der Waals surface area contributed by atoms with E-state index in [4.69, 9.17) is 5.11 Å². The summed E-state index contributed by atoms with van der Waals surface area (Å²) in [5, 5.41) is 18.8. The number of piperidine rings is 1. The molecule has 0 aliphatic carbocycles. The van der Waals surface area contributed by atoms with Gasteiger partial charge >= 0.3 is 5.97 Å². The summed E-state index contributed by atoms with van der Waals surface area (Å²) >= 11 is 1.44. The Hall–Kier alpha value is -2.23. The van der Waals surface area contributed by atoms with E-state index >= 15 is 0 Å².